The average Bonchev–Trinajstić information content (AvgIpc) is 2.35. The number of hydrogen-bond acceptors (Lipinski definition) is 3. The van der Waals surface area contributed by atoms with Crippen molar-refractivity contribution in [3.63, 3.8) is 0 Å². The minimum absolute atomic E-state index is 0.130. The Kier molecular flexibility index (Phi) is 10.3. The Balaban J connectivity index is 3.60. The van der Waals surface area contributed by atoms with Gasteiger partial charge in [-0.25, -0.2) is 5.73 Å². The number of ether oxygens (including phenoxy) is 1. The van der Waals surface area contributed by atoms with Crippen LogP contribution in [0.2, 0.25) is 0 Å². The Labute approximate surface area is 109 Å². The number of esters is 1. The van der Waals surface area contributed by atoms with Crippen molar-refractivity contribution < 1.29 is 14.3 Å². The maximum absolute atomic E-state index is 11.5. The predicted octanol–water partition coefficient (Wildman–Crippen LogP) is 1.68. The Bertz CT molecular complexity index is 244. The largest absolute Gasteiger partial charge is 0.466 e. The van der Waals surface area contributed by atoms with E-state index in [0.29, 0.717) is 13.2 Å². The highest BCUT2D eigenvalue weighted by molar-refractivity contribution is 5.82. The van der Waals surface area contributed by atoms with E-state index in [1.54, 1.807) is 6.92 Å². The molecule has 0 bridgehead atoms. The van der Waals surface area contributed by atoms with Crippen molar-refractivity contribution in [3.05, 3.63) is 0 Å². The minimum Gasteiger partial charge on any atom is -0.466 e. The summed E-state index contributed by atoms with van der Waals surface area (Å²) < 4.78 is 4.74. The first-order chi connectivity index (χ1) is 8.61. The van der Waals surface area contributed by atoms with Gasteiger partial charge in [-0.05, 0) is 19.8 Å². The zero-order valence-corrected chi connectivity index (χ0v) is 11.5. The second-order valence-corrected chi connectivity index (χ2v) is 4.25. The van der Waals surface area contributed by atoms with Crippen LogP contribution >= 0.6 is 0 Å². The first kappa shape index (κ1) is 16.9. The van der Waals surface area contributed by atoms with Crippen LogP contribution in [0.15, 0.2) is 0 Å². The third-order valence-corrected chi connectivity index (χ3v) is 2.59. The second-order valence-electron chi connectivity index (χ2n) is 4.25. The van der Waals surface area contributed by atoms with E-state index in [9.17, 15) is 9.59 Å². The molecule has 0 aliphatic heterocycles. The van der Waals surface area contributed by atoms with E-state index in [2.05, 4.69) is 12.2 Å². The lowest BCUT2D eigenvalue weighted by atomic mass is 10.1. The maximum Gasteiger partial charge on any atom is 0.305 e. The summed E-state index contributed by atoms with van der Waals surface area (Å²) >= 11 is 0. The van der Waals surface area contributed by atoms with Crippen molar-refractivity contribution in [2.24, 2.45) is 0 Å². The Morgan fingerprint density at radius 3 is 2.56 bits per heavy atom. The molecule has 0 spiro atoms. The van der Waals surface area contributed by atoms with Gasteiger partial charge < -0.3 is 10.1 Å². The van der Waals surface area contributed by atoms with Crippen LogP contribution in [0.5, 0.6) is 0 Å². The lowest BCUT2D eigenvalue weighted by Gasteiger charge is -2.10. The molecule has 18 heavy (non-hydrogen) atoms. The summed E-state index contributed by atoms with van der Waals surface area (Å²) in [7, 11) is 0. The normalized spacial score (nSPS) is 11.9. The van der Waals surface area contributed by atoms with Crippen LogP contribution in [0, 0.1) is 0 Å². The Morgan fingerprint density at radius 2 is 1.94 bits per heavy atom. The number of hydrogen-bond donors (Lipinski definition) is 1. The number of nitrogens with one attached hydrogen (secondary N) is 2. The summed E-state index contributed by atoms with van der Waals surface area (Å²) in [5.74, 6) is -0.638. The number of carbonyl (C=O) groups excluding carboxylic acids is 2. The van der Waals surface area contributed by atoms with Crippen LogP contribution in [-0.4, -0.2) is 31.1 Å². The van der Waals surface area contributed by atoms with Crippen LogP contribution < -0.4 is 11.1 Å². The minimum atomic E-state index is -0.874. The first-order valence-electron chi connectivity index (χ1n) is 6.76. The fourth-order valence-electron chi connectivity index (χ4n) is 1.51. The van der Waals surface area contributed by atoms with Gasteiger partial charge in [-0.2, -0.15) is 0 Å². The lowest BCUT2D eigenvalue weighted by molar-refractivity contribution is -0.143. The number of amides is 1. The van der Waals surface area contributed by atoms with Gasteiger partial charge >= 0.3 is 5.97 Å². The summed E-state index contributed by atoms with van der Waals surface area (Å²) in [5.41, 5.74) is 7.60. The fourth-order valence-corrected chi connectivity index (χ4v) is 1.51. The van der Waals surface area contributed by atoms with Gasteiger partial charge in [0.2, 0.25) is 5.91 Å². The van der Waals surface area contributed by atoms with E-state index in [-0.39, 0.29) is 24.7 Å². The van der Waals surface area contributed by atoms with Crippen LogP contribution in [0.3, 0.4) is 0 Å². The molecule has 0 aliphatic rings. The Morgan fingerprint density at radius 1 is 1.22 bits per heavy atom. The SMILES string of the molecule is CCCCCCNC(=O)C([NH])CCC(=O)OCC. The van der Waals surface area contributed by atoms with Gasteiger partial charge in [0.1, 0.15) is 6.04 Å². The van der Waals surface area contributed by atoms with Gasteiger partial charge in [-0.3, -0.25) is 9.59 Å². The Hall–Kier alpha value is -1.10. The fraction of sp³-hybridized carbons (Fsp3) is 0.846. The van der Waals surface area contributed by atoms with E-state index in [1.807, 2.05) is 0 Å². The molecule has 1 amide bonds. The summed E-state index contributed by atoms with van der Waals surface area (Å²) in [6.45, 7) is 4.83. The zero-order valence-electron chi connectivity index (χ0n) is 11.5. The van der Waals surface area contributed by atoms with Crippen molar-refractivity contribution in [1.29, 1.82) is 0 Å². The second kappa shape index (κ2) is 11.0. The van der Waals surface area contributed by atoms with Crippen LogP contribution in [0.4, 0.5) is 0 Å². The van der Waals surface area contributed by atoms with Gasteiger partial charge in [0.15, 0.2) is 0 Å². The third kappa shape index (κ3) is 8.98. The number of rotatable bonds is 10. The highest BCUT2D eigenvalue weighted by Crippen LogP contribution is 2.00. The molecule has 0 saturated carbocycles. The molecule has 5 heteroatoms. The van der Waals surface area contributed by atoms with Crippen molar-refractivity contribution in [2.45, 2.75) is 58.4 Å². The summed E-state index contributed by atoms with van der Waals surface area (Å²) in [6.07, 6.45) is 4.73. The molecule has 0 heterocycles. The van der Waals surface area contributed by atoms with Crippen LogP contribution in [0.1, 0.15) is 52.4 Å². The molecule has 105 valence electrons. The summed E-state index contributed by atoms with van der Waals surface area (Å²) in [5, 5.41) is 2.72. The molecule has 1 radical (unpaired) electrons. The molecule has 1 atom stereocenters. The monoisotopic (exact) mass is 257 g/mol. The van der Waals surface area contributed by atoms with Crippen molar-refractivity contribution in [1.82, 2.24) is 11.1 Å². The summed E-state index contributed by atoms with van der Waals surface area (Å²) in [6, 6.07) is -0.874. The molecular weight excluding hydrogens is 232 g/mol. The van der Waals surface area contributed by atoms with Crippen molar-refractivity contribution >= 4 is 11.9 Å². The number of carbonyl (C=O) groups is 2. The predicted molar refractivity (Wildman–Crippen MR) is 69.9 cm³/mol. The maximum atomic E-state index is 11.5. The van der Waals surface area contributed by atoms with E-state index in [1.165, 1.54) is 6.42 Å². The number of unbranched alkanes of at least 4 members (excludes halogenated alkanes) is 3. The van der Waals surface area contributed by atoms with E-state index >= 15 is 0 Å². The van der Waals surface area contributed by atoms with Crippen molar-refractivity contribution in [2.75, 3.05) is 13.2 Å². The highest BCUT2D eigenvalue weighted by Gasteiger charge is 2.15. The first-order valence-corrected chi connectivity index (χ1v) is 6.76. The molecule has 0 aliphatic carbocycles. The standard InChI is InChI=1S/C13H25N2O3/c1-3-5-6-7-10-15-13(17)11(14)8-9-12(16)18-4-2/h11,14H,3-10H2,1-2H3,(H,15,17). The molecule has 0 saturated heterocycles. The highest BCUT2D eigenvalue weighted by atomic mass is 16.5. The zero-order chi connectivity index (χ0) is 13.8. The van der Waals surface area contributed by atoms with Crippen molar-refractivity contribution in [3.8, 4) is 0 Å². The van der Waals surface area contributed by atoms with Gasteiger partial charge in [0.05, 0.1) is 6.61 Å². The van der Waals surface area contributed by atoms with Crippen LogP contribution in [-0.2, 0) is 14.3 Å². The molecule has 0 aromatic carbocycles. The molecule has 2 N–H and O–H groups in total. The van der Waals surface area contributed by atoms with Gasteiger partial charge in [0.25, 0.3) is 0 Å². The molecule has 0 rings (SSSR count). The van der Waals surface area contributed by atoms with E-state index in [4.69, 9.17) is 10.5 Å². The average molecular weight is 257 g/mol. The topological polar surface area (TPSA) is 79.2 Å². The smallest absolute Gasteiger partial charge is 0.305 e. The quantitative estimate of drug-likeness (QED) is 0.477. The van der Waals surface area contributed by atoms with Gasteiger partial charge in [0, 0.05) is 13.0 Å². The molecular formula is C13H25N2O3. The molecule has 0 fully saturated rings. The van der Waals surface area contributed by atoms with E-state index < -0.39 is 6.04 Å². The van der Waals surface area contributed by atoms with Gasteiger partial charge in [-0.15, -0.1) is 0 Å². The molecule has 0 aromatic heterocycles. The van der Waals surface area contributed by atoms with E-state index in [0.717, 1.165) is 19.3 Å². The summed E-state index contributed by atoms with van der Waals surface area (Å²) in [4.78, 5) is 22.6. The molecule has 1 unspecified atom stereocenters. The molecule has 0 aromatic rings. The lowest BCUT2D eigenvalue weighted by Crippen LogP contribution is -2.36. The molecule has 5 nitrogen and oxygen atoms in total. The van der Waals surface area contributed by atoms with Crippen LogP contribution in [0.25, 0.3) is 0 Å². The van der Waals surface area contributed by atoms with Gasteiger partial charge in [-0.1, -0.05) is 26.2 Å². The third-order valence-electron chi connectivity index (χ3n) is 2.59.